The second-order valence-electron chi connectivity index (χ2n) is 20.3. The van der Waals surface area contributed by atoms with Crippen LogP contribution < -0.4 is 0 Å². The minimum Gasteiger partial charge on any atom is -0.462 e. The molecule has 0 aliphatic heterocycles. The first-order valence-electron chi connectivity index (χ1n) is 28.1. The number of unbranched alkanes of at least 4 members (excludes halogenated alkanes) is 34. The van der Waals surface area contributed by atoms with E-state index in [1.807, 2.05) is 21.1 Å². The summed E-state index contributed by atoms with van der Waals surface area (Å²) in [6.07, 6.45) is 56.8. The highest BCUT2D eigenvalue weighted by Gasteiger charge is 2.27. The van der Waals surface area contributed by atoms with Gasteiger partial charge in [0.05, 0.1) is 27.7 Å². The van der Waals surface area contributed by atoms with Crippen LogP contribution in [0.1, 0.15) is 271 Å². The number of phosphoric ester groups is 1. The molecule has 1 unspecified atom stereocenters. The fraction of sp³-hybridized carbons (Fsp3) is 0.893. The highest BCUT2D eigenvalue weighted by atomic mass is 31.2. The van der Waals surface area contributed by atoms with Crippen molar-refractivity contribution in [3.63, 3.8) is 0 Å². The summed E-state index contributed by atoms with van der Waals surface area (Å²) in [6, 6.07) is 0. The number of hydrogen-bond donors (Lipinski definition) is 1. The van der Waals surface area contributed by atoms with Gasteiger partial charge in [-0.3, -0.25) is 18.6 Å². The van der Waals surface area contributed by atoms with Gasteiger partial charge in [-0.1, -0.05) is 224 Å². The van der Waals surface area contributed by atoms with Crippen molar-refractivity contribution in [2.45, 2.75) is 277 Å². The molecule has 0 amide bonds. The zero-order valence-electron chi connectivity index (χ0n) is 44.2. The van der Waals surface area contributed by atoms with E-state index in [2.05, 4.69) is 38.2 Å². The van der Waals surface area contributed by atoms with Gasteiger partial charge in [0, 0.05) is 12.8 Å². The number of hydrogen-bond acceptors (Lipinski definition) is 7. The van der Waals surface area contributed by atoms with Crippen molar-refractivity contribution in [2.75, 3.05) is 47.5 Å². The van der Waals surface area contributed by atoms with E-state index in [0.717, 1.165) is 32.1 Å². The monoisotopic (exact) mass is 955 g/mol. The fourth-order valence-corrected chi connectivity index (χ4v) is 8.82. The first-order chi connectivity index (χ1) is 32.0. The zero-order chi connectivity index (χ0) is 48.5. The minimum atomic E-state index is -4.39. The Morgan fingerprint density at radius 1 is 0.455 bits per heavy atom. The Bertz CT molecular complexity index is 1170. The van der Waals surface area contributed by atoms with Crippen molar-refractivity contribution in [3.8, 4) is 0 Å². The van der Waals surface area contributed by atoms with E-state index in [4.69, 9.17) is 18.5 Å². The first kappa shape index (κ1) is 64.5. The third kappa shape index (κ3) is 51.9. The van der Waals surface area contributed by atoms with Crippen LogP contribution in [0, 0.1) is 0 Å². The van der Waals surface area contributed by atoms with E-state index in [1.165, 1.54) is 205 Å². The van der Waals surface area contributed by atoms with Crippen LogP contribution >= 0.6 is 7.82 Å². The summed E-state index contributed by atoms with van der Waals surface area (Å²) in [6.45, 7) is 4.44. The van der Waals surface area contributed by atoms with Gasteiger partial charge < -0.3 is 18.9 Å². The largest absolute Gasteiger partial charge is 0.472 e. The smallest absolute Gasteiger partial charge is 0.462 e. The highest BCUT2D eigenvalue weighted by molar-refractivity contribution is 7.47. The van der Waals surface area contributed by atoms with Gasteiger partial charge in [0.15, 0.2) is 6.10 Å². The average Bonchev–Trinajstić information content (AvgIpc) is 3.27. The highest BCUT2D eigenvalue weighted by Crippen LogP contribution is 2.43. The molecule has 0 rings (SSSR count). The van der Waals surface area contributed by atoms with Crippen LogP contribution in [-0.2, 0) is 32.7 Å². The lowest BCUT2D eigenvalue weighted by Crippen LogP contribution is -2.37. The minimum absolute atomic E-state index is 0.0288. The number of quaternary nitrogens is 1. The normalized spacial score (nSPS) is 13.5. The van der Waals surface area contributed by atoms with Crippen LogP contribution in [0.2, 0.25) is 0 Å². The van der Waals surface area contributed by atoms with Gasteiger partial charge in [-0.05, 0) is 57.8 Å². The van der Waals surface area contributed by atoms with E-state index < -0.39 is 26.5 Å². The van der Waals surface area contributed by atoms with Crippen LogP contribution in [-0.4, -0.2) is 74.9 Å². The summed E-state index contributed by atoms with van der Waals surface area (Å²) in [5.41, 5.74) is 0. The van der Waals surface area contributed by atoms with Gasteiger partial charge in [0.1, 0.15) is 19.8 Å². The summed E-state index contributed by atoms with van der Waals surface area (Å²) in [7, 11) is 1.47. The lowest BCUT2D eigenvalue weighted by molar-refractivity contribution is -0.870. The molecule has 0 aromatic heterocycles. The lowest BCUT2D eigenvalue weighted by Gasteiger charge is -2.24. The summed E-state index contributed by atoms with van der Waals surface area (Å²) in [5.74, 6) is -0.825. The van der Waals surface area contributed by atoms with Gasteiger partial charge in [-0.15, -0.1) is 0 Å². The van der Waals surface area contributed by atoms with Crippen molar-refractivity contribution < 1.29 is 42.1 Å². The third-order valence-electron chi connectivity index (χ3n) is 12.5. The second kappa shape index (κ2) is 48.5. The molecule has 0 spiro atoms. The Labute approximate surface area is 409 Å². The topological polar surface area (TPSA) is 108 Å². The zero-order valence-corrected chi connectivity index (χ0v) is 45.1. The summed E-state index contributed by atoms with van der Waals surface area (Å²) < 4.78 is 34.5. The predicted octanol–water partition coefficient (Wildman–Crippen LogP) is 17.0. The van der Waals surface area contributed by atoms with E-state index in [-0.39, 0.29) is 32.0 Å². The van der Waals surface area contributed by atoms with E-state index in [1.54, 1.807) is 0 Å². The van der Waals surface area contributed by atoms with Crippen LogP contribution in [0.15, 0.2) is 24.3 Å². The maximum absolute atomic E-state index is 12.8. The Kier molecular flexibility index (Phi) is 47.4. The molecule has 66 heavy (non-hydrogen) atoms. The van der Waals surface area contributed by atoms with Gasteiger partial charge in [-0.2, -0.15) is 0 Å². The maximum Gasteiger partial charge on any atom is 0.472 e. The molecule has 0 aromatic rings. The van der Waals surface area contributed by atoms with Crippen LogP contribution in [0.3, 0.4) is 0 Å². The molecule has 0 bridgehead atoms. The second-order valence-corrected chi connectivity index (χ2v) is 21.8. The van der Waals surface area contributed by atoms with Gasteiger partial charge in [0.25, 0.3) is 0 Å². The van der Waals surface area contributed by atoms with Crippen molar-refractivity contribution in [2.24, 2.45) is 0 Å². The van der Waals surface area contributed by atoms with Crippen molar-refractivity contribution in [1.82, 2.24) is 0 Å². The standard InChI is InChI=1S/C56H108NO8P/c1-6-8-10-12-14-16-18-20-22-24-26-27-28-29-31-33-35-37-39-41-43-45-47-49-56(59)65-54(53-64-66(60,61)63-51-50-57(3,4)5)52-62-55(58)48-46-44-42-40-38-36-34-32-30-25-23-21-19-17-15-13-11-9-7-2/h21,23,41,43,54H,6-20,22,24-40,42,44-53H2,1-5H3/p+1/b23-21+,43-41+/t54-/m1/s1. The maximum atomic E-state index is 12.8. The molecular formula is C56H109NO8P+. The number of esters is 2. The molecule has 9 nitrogen and oxygen atoms in total. The number of likely N-dealkylation sites (N-methyl/N-ethyl adjacent to an activating group) is 1. The molecule has 1 N–H and O–H groups in total. The predicted molar refractivity (Wildman–Crippen MR) is 280 cm³/mol. The number of nitrogens with zero attached hydrogens (tertiary/aromatic N) is 1. The molecule has 0 aliphatic carbocycles. The molecular weight excluding hydrogens is 846 g/mol. The summed E-state index contributed by atoms with van der Waals surface area (Å²) >= 11 is 0. The number of allylic oxidation sites excluding steroid dienone is 4. The van der Waals surface area contributed by atoms with E-state index in [0.29, 0.717) is 17.4 Å². The third-order valence-corrected chi connectivity index (χ3v) is 13.4. The van der Waals surface area contributed by atoms with Gasteiger partial charge in [0.2, 0.25) is 0 Å². The Hall–Kier alpha value is -1.51. The SMILES string of the molecule is CCCCCCCC/C=C/CCCCCCCCCCCC(=O)OC[C@H](COP(=O)(O)OCC[N+](C)(C)C)OC(=O)CCC/C=C/CCCCCCCCCCCCCCCCCCCC. The molecule has 0 aliphatic rings. The molecule has 0 aromatic carbocycles. The van der Waals surface area contributed by atoms with Crippen molar-refractivity contribution in [1.29, 1.82) is 0 Å². The Balaban J connectivity index is 4.20. The average molecular weight is 955 g/mol. The van der Waals surface area contributed by atoms with Crippen LogP contribution in [0.25, 0.3) is 0 Å². The molecule has 0 radical (unpaired) electrons. The molecule has 0 saturated carbocycles. The van der Waals surface area contributed by atoms with Crippen LogP contribution in [0.4, 0.5) is 0 Å². The summed E-state index contributed by atoms with van der Waals surface area (Å²) in [5, 5.41) is 0. The van der Waals surface area contributed by atoms with E-state index >= 15 is 0 Å². The number of carbonyl (C=O) groups is 2. The molecule has 0 fully saturated rings. The van der Waals surface area contributed by atoms with Gasteiger partial charge in [-0.25, -0.2) is 4.57 Å². The number of rotatable bonds is 52. The molecule has 2 atom stereocenters. The lowest BCUT2D eigenvalue weighted by atomic mass is 10.0. The quantitative estimate of drug-likeness (QED) is 0.0211. The van der Waals surface area contributed by atoms with Crippen molar-refractivity contribution in [3.05, 3.63) is 24.3 Å². The molecule has 390 valence electrons. The molecule has 0 saturated heterocycles. The number of carbonyl (C=O) groups excluding carboxylic acids is 2. The number of phosphoric acid groups is 1. The first-order valence-corrected chi connectivity index (χ1v) is 29.6. The fourth-order valence-electron chi connectivity index (χ4n) is 8.07. The molecule has 10 heteroatoms. The van der Waals surface area contributed by atoms with Gasteiger partial charge >= 0.3 is 19.8 Å². The van der Waals surface area contributed by atoms with E-state index in [9.17, 15) is 19.0 Å². The summed E-state index contributed by atoms with van der Waals surface area (Å²) in [4.78, 5) is 35.6. The molecule has 0 heterocycles. The van der Waals surface area contributed by atoms with Crippen molar-refractivity contribution >= 4 is 19.8 Å². The van der Waals surface area contributed by atoms with Crippen LogP contribution in [0.5, 0.6) is 0 Å². The number of ether oxygens (including phenoxy) is 2. The Morgan fingerprint density at radius 2 is 0.788 bits per heavy atom. The Morgan fingerprint density at radius 3 is 1.17 bits per heavy atom.